The van der Waals surface area contributed by atoms with Gasteiger partial charge in [0.2, 0.25) is 11.8 Å². The summed E-state index contributed by atoms with van der Waals surface area (Å²) in [5.74, 6) is 0.437. The van der Waals surface area contributed by atoms with Crippen molar-refractivity contribution >= 4 is 23.5 Å². The number of nitrogens with one attached hydrogen (secondary N) is 2. The zero-order valence-corrected chi connectivity index (χ0v) is 17.5. The molecular weight excluding hydrogens is 380 g/mol. The number of likely N-dealkylation sites (tertiary alicyclic amines) is 1. The number of piperidine rings is 1. The minimum absolute atomic E-state index is 0.0436. The summed E-state index contributed by atoms with van der Waals surface area (Å²) < 4.78 is 0. The molecule has 0 aromatic heterocycles. The van der Waals surface area contributed by atoms with Crippen LogP contribution in [0.1, 0.15) is 51.4 Å². The van der Waals surface area contributed by atoms with Gasteiger partial charge in [0.25, 0.3) is 0 Å². The van der Waals surface area contributed by atoms with Gasteiger partial charge in [0.1, 0.15) is 6.04 Å². The van der Waals surface area contributed by atoms with Gasteiger partial charge in [0.05, 0.1) is 0 Å². The van der Waals surface area contributed by atoms with Crippen molar-refractivity contribution in [3.63, 3.8) is 0 Å². The lowest BCUT2D eigenvalue weighted by atomic mass is 9.87. The molecule has 2 aliphatic heterocycles. The molecule has 1 aliphatic carbocycles. The third kappa shape index (κ3) is 4.77. The fourth-order valence-electron chi connectivity index (χ4n) is 4.92. The topological polar surface area (TPSA) is 81.8 Å². The summed E-state index contributed by atoms with van der Waals surface area (Å²) in [6, 6.07) is 8.80. The summed E-state index contributed by atoms with van der Waals surface area (Å²) in [7, 11) is 0. The van der Waals surface area contributed by atoms with Crippen molar-refractivity contribution in [1.82, 2.24) is 15.5 Å². The van der Waals surface area contributed by atoms with Crippen LogP contribution >= 0.6 is 0 Å². The minimum atomic E-state index is -0.488. The second kappa shape index (κ2) is 9.49. The van der Waals surface area contributed by atoms with Crippen molar-refractivity contribution < 1.29 is 14.4 Å². The Labute approximate surface area is 178 Å². The first-order valence-electron chi connectivity index (χ1n) is 11.3. The van der Waals surface area contributed by atoms with Gasteiger partial charge in [-0.05, 0) is 44.2 Å². The molecule has 30 heavy (non-hydrogen) atoms. The highest BCUT2D eigenvalue weighted by molar-refractivity contribution is 6.01. The van der Waals surface area contributed by atoms with Crippen LogP contribution in [0.4, 0.5) is 10.5 Å². The molecule has 2 saturated heterocycles. The number of rotatable bonds is 4. The number of anilines is 1. The van der Waals surface area contributed by atoms with E-state index in [1.165, 1.54) is 6.42 Å². The Morgan fingerprint density at radius 3 is 2.23 bits per heavy atom. The SMILES string of the molecule is O=C(NC1CCN(C(=O)C2CCCCC2)CC1)NC1CCN(c2ccccc2)C1=O. The number of hydrogen-bond acceptors (Lipinski definition) is 3. The molecule has 7 nitrogen and oxygen atoms in total. The third-order valence-corrected chi connectivity index (χ3v) is 6.67. The van der Waals surface area contributed by atoms with E-state index in [9.17, 15) is 14.4 Å². The van der Waals surface area contributed by atoms with Crippen LogP contribution in [-0.4, -0.2) is 54.5 Å². The first-order chi connectivity index (χ1) is 14.6. The molecule has 2 N–H and O–H groups in total. The largest absolute Gasteiger partial charge is 0.342 e. The van der Waals surface area contributed by atoms with E-state index in [-0.39, 0.29) is 23.9 Å². The Balaban J connectivity index is 1.21. The maximum atomic E-state index is 12.7. The van der Waals surface area contributed by atoms with Crippen LogP contribution in [0.15, 0.2) is 30.3 Å². The second-order valence-corrected chi connectivity index (χ2v) is 8.72. The summed E-state index contributed by atoms with van der Waals surface area (Å²) in [5, 5.41) is 5.84. The van der Waals surface area contributed by atoms with Gasteiger partial charge in [0, 0.05) is 37.3 Å². The number of nitrogens with zero attached hydrogens (tertiary/aromatic N) is 2. The lowest BCUT2D eigenvalue weighted by Crippen LogP contribution is -2.52. The summed E-state index contributed by atoms with van der Waals surface area (Å²) in [4.78, 5) is 41.5. The molecule has 162 valence electrons. The molecule has 1 aromatic carbocycles. The zero-order valence-electron chi connectivity index (χ0n) is 17.5. The van der Waals surface area contributed by atoms with E-state index in [0.717, 1.165) is 44.2 Å². The molecule has 2 heterocycles. The second-order valence-electron chi connectivity index (χ2n) is 8.72. The Kier molecular flexibility index (Phi) is 6.55. The lowest BCUT2D eigenvalue weighted by molar-refractivity contribution is -0.137. The predicted molar refractivity (Wildman–Crippen MR) is 115 cm³/mol. The third-order valence-electron chi connectivity index (χ3n) is 6.67. The van der Waals surface area contributed by atoms with Crippen LogP contribution in [0.2, 0.25) is 0 Å². The van der Waals surface area contributed by atoms with E-state index in [2.05, 4.69) is 10.6 Å². The maximum Gasteiger partial charge on any atom is 0.315 e. The fourth-order valence-corrected chi connectivity index (χ4v) is 4.92. The fraction of sp³-hybridized carbons (Fsp3) is 0.609. The molecule has 1 saturated carbocycles. The van der Waals surface area contributed by atoms with Gasteiger partial charge in [-0.1, -0.05) is 37.5 Å². The number of hydrogen-bond donors (Lipinski definition) is 2. The quantitative estimate of drug-likeness (QED) is 0.798. The Morgan fingerprint density at radius 2 is 1.53 bits per heavy atom. The standard InChI is InChI=1S/C23H32N4O3/c28-21(17-7-3-1-4-8-17)26-14-11-18(12-15-26)24-23(30)25-20-13-16-27(22(20)29)19-9-5-2-6-10-19/h2,5-6,9-10,17-18,20H,1,3-4,7-8,11-16H2,(H2,24,25,30). The first-order valence-corrected chi connectivity index (χ1v) is 11.3. The molecule has 7 heteroatoms. The molecule has 0 bridgehead atoms. The Hall–Kier alpha value is -2.57. The maximum absolute atomic E-state index is 12.7. The zero-order chi connectivity index (χ0) is 20.9. The van der Waals surface area contributed by atoms with Gasteiger partial charge >= 0.3 is 6.03 Å². The highest BCUT2D eigenvalue weighted by atomic mass is 16.2. The molecule has 0 radical (unpaired) electrons. The number of benzene rings is 1. The summed E-state index contributed by atoms with van der Waals surface area (Å²) >= 11 is 0. The van der Waals surface area contributed by atoms with Gasteiger partial charge in [-0.25, -0.2) is 4.79 Å². The number of carbonyl (C=O) groups is 3. The average molecular weight is 413 g/mol. The van der Waals surface area contributed by atoms with E-state index in [4.69, 9.17) is 0 Å². The lowest BCUT2D eigenvalue weighted by Gasteiger charge is -2.35. The average Bonchev–Trinajstić information content (AvgIpc) is 3.15. The van der Waals surface area contributed by atoms with Crippen molar-refractivity contribution in [2.45, 2.75) is 63.5 Å². The number of para-hydroxylation sites is 1. The molecular formula is C23H32N4O3. The van der Waals surface area contributed by atoms with Gasteiger partial charge in [0.15, 0.2) is 0 Å². The van der Waals surface area contributed by atoms with Gasteiger partial charge in [-0.2, -0.15) is 0 Å². The van der Waals surface area contributed by atoms with Crippen LogP contribution in [0, 0.1) is 5.92 Å². The van der Waals surface area contributed by atoms with Crippen LogP contribution in [0.5, 0.6) is 0 Å². The van der Waals surface area contributed by atoms with E-state index in [1.54, 1.807) is 4.90 Å². The summed E-state index contributed by atoms with van der Waals surface area (Å²) in [6.45, 7) is 2.00. The van der Waals surface area contributed by atoms with E-state index in [0.29, 0.717) is 32.0 Å². The summed E-state index contributed by atoms with van der Waals surface area (Å²) in [5.41, 5.74) is 0.863. The summed E-state index contributed by atoms with van der Waals surface area (Å²) in [6.07, 6.45) is 7.75. The van der Waals surface area contributed by atoms with Crippen LogP contribution < -0.4 is 15.5 Å². The minimum Gasteiger partial charge on any atom is -0.342 e. The Morgan fingerprint density at radius 1 is 0.833 bits per heavy atom. The molecule has 1 atom stereocenters. The van der Waals surface area contributed by atoms with Crippen LogP contribution in [-0.2, 0) is 9.59 Å². The molecule has 0 spiro atoms. The smallest absolute Gasteiger partial charge is 0.315 e. The van der Waals surface area contributed by atoms with Crippen molar-refractivity contribution in [1.29, 1.82) is 0 Å². The molecule has 4 rings (SSSR count). The van der Waals surface area contributed by atoms with Crippen molar-refractivity contribution in [2.24, 2.45) is 5.92 Å². The number of urea groups is 1. The van der Waals surface area contributed by atoms with E-state index >= 15 is 0 Å². The van der Waals surface area contributed by atoms with Crippen LogP contribution in [0.3, 0.4) is 0 Å². The normalized spacial score (nSPS) is 23.5. The van der Waals surface area contributed by atoms with Crippen molar-refractivity contribution in [3.05, 3.63) is 30.3 Å². The Bertz CT molecular complexity index is 755. The molecule has 3 fully saturated rings. The molecule has 3 aliphatic rings. The van der Waals surface area contributed by atoms with Crippen molar-refractivity contribution in [2.75, 3.05) is 24.5 Å². The monoisotopic (exact) mass is 412 g/mol. The van der Waals surface area contributed by atoms with E-state index in [1.807, 2.05) is 35.2 Å². The molecule has 1 aromatic rings. The number of amides is 4. The highest BCUT2D eigenvalue weighted by Gasteiger charge is 2.34. The highest BCUT2D eigenvalue weighted by Crippen LogP contribution is 2.26. The molecule has 1 unspecified atom stereocenters. The van der Waals surface area contributed by atoms with Gasteiger partial charge in [-0.15, -0.1) is 0 Å². The molecule has 4 amide bonds. The van der Waals surface area contributed by atoms with Crippen molar-refractivity contribution in [3.8, 4) is 0 Å². The number of carbonyl (C=O) groups excluding carboxylic acids is 3. The predicted octanol–water partition coefficient (Wildman–Crippen LogP) is 2.66. The first kappa shape index (κ1) is 20.7. The van der Waals surface area contributed by atoms with Gasteiger partial charge in [-0.3, -0.25) is 9.59 Å². The van der Waals surface area contributed by atoms with E-state index < -0.39 is 6.04 Å². The van der Waals surface area contributed by atoms with Crippen LogP contribution in [0.25, 0.3) is 0 Å². The van der Waals surface area contributed by atoms with Gasteiger partial charge < -0.3 is 20.4 Å².